The Morgan fingerprint density at radius 3 is 2.24 bits per heavy atom. The number of ether oxygens (including phenoxy) is 2. The van der Waals surface area contributed by atoms with E-state index in [4.69, 9.17) is 14.6 Å². The van der Waals surface area contributed by atoms with Crippen molar-refractivity contribution in [2.75, 3.05) is 11.1 Å². The van der Waals surface area contributed by atoms with Crippen LogP contribution in [0.2, 0.25) is 0 Å². The van der Waals surface area contributed by atoms with Gasteiger partial charge in [-0.2, -0.15) is 0 Å². The minimum atomic E-state index is -0.910. The fourth-order valence-electron chi connectivity index (χ4n) is 4.35. The van der Waals surface area contributed by atoms with Crippen molar-refractivity contribution in [3.8, 4) is 0 Å². The predicted molar refractivity (Wildman–Crippen MR) is 147 cm³/mol. The number of anilines is 1. The zero-order valence-corrected chi connectivity index (χ0v) is 22.1. The maximum absolute atomic E-state index is 12.1. The van der Waals surface area contributed by atoms with Crippen LogP contribution in [0.15, 0.2) is 83.8 Å². The molecule has 1 saturated heterocycles. The lowest BCUT2D eigenvalue weighted by atomic mass is 9.91. The number of nitrogens with one attached hydrogen (secondary N) is 1. The van der Waals surface area contributed by atoms with Crippen molar-refractivity contribution in [3.05, 3.63) is 95.6 Å². The summed E-state index contributed by atoms with van der Waals surface area (Å²) in [5.74, 6) is -0.276. The molecule has 3 aromatic carbocycles. The normalized spacial score (nSPS) is 21.1. The first-order valence-corrected chi connectivity index (χ1v) is 13.7. The van der Waals surface area contributed by atoms with Gasteiger partial charge in [-0.15, -0.1) is 11.8 Å². The van der Waals surface area contributed by atoms with Crippen molar-refractivity contribution in [2.45, 2.75) is 56.2 Å². The molecule has 38 heavy (non-hydrogen) atoms. The Morgan fingerprint density at radius 1 is 0.895 bits per heavy atom. The molecule has 0 saturated carbocycles. The molecular formula is C30H33NO6S. The number of carbonyl (C=O) groups is 2. The van der Waals surface area contributed by atoms with Crippen LogP contribution in [0.25, 0.3) is 0 Å². The highest BCUT2D eigenvalue weighted by Gasteiger charge is 2.38. The van der Waals surface area contributed by atoms with E-state index in [2.05, 4.69) is 24.4 Å². The number of carboxylic acid groups (broad SMARTS) is 1. The molecule has 4 rings (SSSR count). The number of hydrogen-bond acceptors (Lipinski definition) is 6. The van der Waals surface area contributed by atoms with Gasteiger partial charge in [-0.1, -0.05) is 61.5 Å². The van der Waals surface area contributed by atoms with Crippen LogP contribution in [0, 0.1) is 5.92 Å². The van der Waals surface area contributed by atoms with E-state index in [0.29, 0.717) is 12.1 Å². The maximum Gasteiger partial charge on any atom is 0.303 e. The molecule has 7 nitrogen and oxygen atoms in total. The van der Waals surface area contributed by atoms with E-state index in [1.165, 1.54) is 4.90 Å². The Kier molecular flexibility index (Phi) is 9.95. The Morgan fingerprint density at radius 2 is 1.58 bits per heavy atom. The topological polar surface area (TPSA) is 105 Å². The SMILES string of the molecule is CC1C(CSc2ccccc2)OC(c2ccc(NC(=O)CCCC(=O)O)cc2)OC1c1ccc(CO)cc1. The van der Waals surface area contributed by atoms with E-state index in [0.717, 1.165) is 22.4 Å². The summed E-state index contributed by atoms with van der Waals surface area (Å²) in [4.78, 5) is 24.0. The first-order valence-electron chi connectivity index (χ1n) is 12.7. The van der Waals surface area contributed by atoms with Crippen molar-refractivity contribution >= 4 is 29.3 Å². The maximum atomic E-state index is 12.1. The van der Waals surface area contributed by atoms with E-state index in [-0.39, 0.29) is 43.5 Å². The monoisotopic (exact) mass is 535 g/mol. The van der Waals surface area contributed by atoms with E-state index in [1.807, 2.05) is 54.6 Å². The molecule has 1 aliphatic heterocycles. The van der Waals surface area contributed by atoms with Crippen LogP contribution < -0.4 is 5.32 Å². The summed E-state index contributed by atoms with van der Waals surface area (Å²) < 4.78 is 13.0. The average molecular weight is 536 g/mol. The summed E-state index contributed by atoms with van der Waals surface area (Å²) >= 11 is 1.75. The summed E-state index contributed by atoms with van der Waals surface area (Å²) in [6, 6.07) is 25.4. The summed E-state index contributed by atoms with van der Waals surface area (Å²) in [7, 11) is 0. The largest absolute Gasteiger partial charge is 0.481 e. The van der Waals surface area contributed by atoms with Crippen LogP contribution >= 0.6 is 11.8 Å². The Labute approximate surface area is 227 Å². The van der Waals surface area contributed by atoms with Crippen LogP contribution in [0.3, 0.4) is 0 Å². The molecule has 1 amide bonds. The molecule has 4 atom stereocenters. The van der Waals surface area contributed by atoms with Gasteiger partial charge >= 0.3 is 5.97 Å². The fourth-order valence-corrected chi connectivity index (χ4v) is 5.44. The Balaban J connectivity index is 1.47. The van der Waals surface area contributed by atoms with Gasteiger partial charge in [0.25, 0.3) is 0 Å². The molecule has 200 valence electrons. The van der Waals surface area contributed by atoms with Gasteiger partial charge in [0.1, 0.15) is 0 Å². The van der Waals surface area contributed by atoms with Gasteiger partial charge in [-0.05, 0) is 41.8 Å². The number of benzene rings is 3. The summed E-state index contributed by atoms with van der Waals surface area (Å²) in [6.07, 6.45) is -0.445. The molecule has 0 aliphatic carbocycles. The van der Waals surface area contributed by atoms with E-state index in [1.54, 1.807) is 23.9 Å². The number of amides is 1. The van der Waals surface area contributed by atoms with Gasteiger partial charge in [0.15, 0.2) is 6.29 Å². The lowest BCUT2D eigenvalue weighted by Gasteiger charge is -2.41. The highest BCUT2D eigenvalue weighted by atomic mass is 32.2. The molecule has 1 aliphatic rings. The quantitative estimate of drug-likeness (QED) is 0.260. The van der Waals surface area contributed by atoms with Crippen molar-refractivity contribution in [2.24, 2.45) is 5.92 Å². The van der Waals surface area contributed by atoms with Crippen molar-refractivity contribution < 1.29 is 29.3 Å². The second-order valence-electron chi connectivity index (χ2n) is 9.36. The third-order valence-corrected chi connectivity index (χ3v) is 7.64. The van der Waals surface area contributed by atoms with Crippen molar-refractivity contribution in [1.82, 2.24) is 0 Å². The number of hydrogen-bond donors (Lipinski definition) is 3. The number of carbonyl (C=O) groups excluding carboxylic acids is 1. The zero-order chi connectivity index (χ0) is 26.9. The lowest BCUT2D eigenvalue weighted by Crippen LogP contribution is -2.38. The first-order chi connectivity index (χ1) is 18.4. The van der Waals surface area contributed by atoms with Crippen molar-refractivity contribution in [1.29, 1.82) is 0 Å². The minimum absolute atomic E-state index is 0.00806. The van der Waals surface area contributed by atoms with E-state index >= 15 is 0 Å². The van der Waals surface area contributed by atoms with E-state index in [9.17, 15) is 14.7 Å². The molecule has 8 heteroatoms. The number of rotatable bonds is 11. The molecule has 1 fully saturated rings. The highest BCUT2D eigenvalue weighted by molar-refractivity contribution is 7.99. The second kappa shape index (κ2) is 13.6. The van der Waals surface area contributed by atoms with Crippen LogP contribution in [-0.4, -0.2) is 33.9 Å². The predicted octanol–water partition coefficient (Wildman–Crippen LogP) is 5.96. The number of aliphatic carboxylic acids is 1. The fraction of sp³-hybridized carbons (Fsp3) is 0.333. The van der Waals surface area contributed by atoms with Gasteiger partial charge in [0.2, 0.25) is 5.91 Å². The van der Waals surface area contributed by atoms with E-state index < -0.39 is 12.3 Å². The molecule has 0 bridgehead atoms. The summed E-state index contributed by atoms with van der Waals surface area (Å²) in [6.45, 7) is 2.13. The first kappa shape index (κ1) is 27.9. The number of carboxylic acids is 1. The average Bonchev–Trinajstić information content (AvgIpc) is 2.93. The standard InChI is InChI=1S/C30H33NO6S/c1-20-26(19-38-25-6-3-2-4-7-25)36-30(37-29(20)22-12-10-21(18-32)11-13-22)23-14-16-24(17-15-23)31-27(33)8-5-9-28(34)35/h2-4,6-7,10-17,20,26,29-30,32H,5,8-9,18-19H2,1H3,(H,31,33)(H,34,35). The minimum Gasteiger partial charge on any atom is -0.481 e. The molecular weight excluding hydrogens is 502 g/mol. The molecule has 0 radical (unpaired) electrons. The Hall–Kier alpha value is -3.17. The van der Waals surface area contributed by atoms with Crippen LogP contribution in [0.1, 0.15) is 55.3 Å². The smallest absolute Gasteiger partial charge is 0.303 e. The van der Waals surface area contributed by atoms with Crippen LogP contribution in [0.4, 0.5) is 5.69 Å². The Bertz CT molecular complexity index is 1190. The van der Waals surface area contributed by atoms with Gasteiger partial charge < -0.3 is 25.0 Å². The van der Waals surface area contributed by atoms with Gasteiger partial charge in [0.05, 0.1) is 18.8 Å². The zero-order valence-electron chi connectivity index (χ0n) is 21.3. The summed E-state index contributed by atoms with van der Waals surface area (Å²) in [5.41, 5.74) is 3.35. The van der Waals surface area contributed by atoms with Gasteiger partial charge in [-0.25, -0.2) is 0 Å². The molecule has 0 aromatic heterocycles. The molecule has 1 heterocycles. The highest BCUT2D eigenvalue weighted by Crippen LogP contribution is 2.43. The van der Waals surface area contributed by atoms with Crippen LogP contribution in [-0.2, 0) is 25.7 Å². The van der Waals surface area contributed by atoms with Gasteiger partial charge in [0, 0.05) is 40.7 Å². The second-order valence-corrected chi connectivity index (χ2v) is 10.5. The molecule has 3 N–H and O–H groups in total. The number of aliphatic hydroxyl groups is 1. The van der Waals surface area contributed by atoms with Crippen LogP contribution in [0.5, 0.6) is 0 Å². The number of aliphatic hydroxyl groups excluding tert-OH is 1. The molecule has 0 spiro atoms. The lowest BCUT2D eigenvalue weighted by molar-refractivity contribution is -0.268. The molecule has 4 unspecified atom stereocenters. The number of thioether (sulfide) groups is 1. The molecule has 3 aromatic rings. The third kappa shape index (κ3) is 7.68. The van der Waals surface area contributed by atoms with Crippen molar-refractivity contribution in [3.63, 3.8) is 0 Å². The third-order valence-electron chi connectivity index (χ3n) is 6.54. The van der Waals surface area contributed by atoms with Gasteiger partial charge in [-0.3, -0.25) is 9.59 Å². The summed E-state index contributed by atoms with van der Waals surface area (Å²) in [5, 5.41) is 21.0.